The van der Waals surface area contributed by atoms with Gasteiger partial charge in [0, 0.05) is 18.6 Å². The lowest BCUT2D eigenvalue weighted by atomic mass is 9.95. The topological polar surface area (TPSA) is 12.5 Å². The quantitative estimate of drug-likeness (QED) is 0.545. The molecule has 0 aromatic heterocycles. The van der Waals surface area contributed by atoms with E-state index in [9.17, 15) is 0 Å². The minimum absolute atomic E-state index is 0.324. The van der Waals surface area contributed by atoms with Crippen molar-refractivity contribution in [3.63, 3.8) is 0 Å². The van der Waals surface area contributed by atoms with Gasteiger partial charge in [-0.3, -0.25) is 4.90 Å². The summed E-state index contributed by atoms with van der Waals surface area (Å²) in [5.74, 6) is 0.808. The second kappa shape index (κ2) is 2.71. The first kappa shape index (κ1) is 8.52. The van der Waals surface area contributed by atoms with Crippen molar-refractivity contribution in [1.82, 2.24) is 4.90 Å². The number of rotatable bonds is 0. The lowest BCUT2D eigenvalue weighted by Gasteiger charge is -2.40. The van der Waals surface area contributed by atoms with Gasteiger partial charge in [-0.15, -0.1) is 0 Å². The molecule has 12 heavy (non-hydrogen) atoms. The van der Waals surface area contributed by atoms with E-state index in [4.69, 9.17) is 4.74 Å². The maximum absolute atomic E-state index is 5.66. The molecular formula is C10H19NO. The molecule has 2 aliphatic heterocycles. The number of fused-ring (bicyclic) bond motifs is 2. The smallest absolute Gasteiger partial charge is 0.0706 e. The molecule has 70 valence electrons. The zero-order valence-electron chi connectivity index (χ0n) is 8.34. The predicted molar refractivity (Wildman–Crippen MR) is 49.2 cm³/mol. The van der Waals surface area contributed by atoms with E-state index in [1.54, 1.807) is 0 Å². The Morgan fingerprint density at radius 1 is 1.25 bits per heavy atom. The van der Waals surface area contributed by atoms with Crippen LogP contribution in [0.1, 0.15) is 27.2 Å². The zero-order chi connectivity index (χ0) is 8.77. The average Bonchev–Trinajstić information content (AvgIpc) is 2.28. The van der Waals surface area contributed by atoms with Crippen LogP contribution in [0.15, 0.2) is 0 Å². The van der Waals surface area contributed by atoms with Crippen LogP contribution in [0.4, 0.5) is 0 Å². The Balaban J connectivity index is 2.03. The summed E-state index contributed by atoms with van der Waals surface area (Å²) in [6.07, 6.45) is 1.83. The van der Waals surface area contributed by atoms with Gasteiger partial charge in [-0.2, -0.15) is 0 Å². The van der Waals surface area contributed by atoms with Crippen molar-refractivity contribution in [3.05, 3.63) is 0 Å². The standard InChI is InChI=1S/C10H19NO/c1-10(2,3)11-5-8-4-9(6-11)12-7-8/h8-9H,4-7H2,1-3H3/t8-,9+/m1/s1. The minimum atomic E-state index is 0.324. The maximum Gasteiger partial charge on any atom is 0.0706 e. The molecular weight excluding hydrogens is 150 g/mol. The summed E-state index contributed by atoms with van der Waals surface area (Å²) < 4.78 is 5.66. The number of piperidine rings is 1. The van der Waals surface area contributed by atoms with Gasteiger partial charge in [0.2, 0.25) is 0 Å². The summed E-state index contributed by atoms with van der Waals surface area (Å²) in [6.45, 7) is 10.2. The molecule has 0 aliphatic carbocycles. The lowest BCUT2D eigenvalue weighted by Crippen LogP contribution is -2.49. The van der Waals surface area contributed by atoms with E-state index in [1.807, 2.05) is 0 Å². The number of hydrogen-bond acceptors (Lipinski definition) is 2. The van der Waals surface area contributed by atoms with E-state index in [0.717, 1.165) is 19.1 Å². The van der Waals surface area contributed by atoms with Crippen LogP contribution in [0.3, 0.4) is 0 Å². The van der Waals surface area contributed by atoms with Gasteiger partial charge < -0.3 is 4.74 Å². The van der Waals surface area contributed by atoms with Gasteiger partial charge in [-0.05, 0) is 33.1 Å². The highest BCUT2D eigenvalue weighted by Crippen LogP contribution is 2.30. The molecule has 2 nitrogen and oxygen atoms in total. The SMILES string of the molecule is CC(C)(C)N1C[C@@H]2CO[C@@H](C2)C1. The average molecular weight is 169 g/mol. The normalized spacial score (nSPS) is 37.2. The fourth-order valence-corrected chi connectivity index (χ4v) is 2.21. The van der Waals surface area contributed by atoms with Crippen molar-refractivity contribution in [2.75, 3.05) is 19.7 Å². The summed E-state index contributed by atoms with van der Waals surface area (Å²) in [7, 11) is 0. The Labute approximate surface area is 74.9 Å². The van der Waals surface area contributed by atoms with E-state index in [1.165, 1.54) is 13.0 Å². The van der Waals surface area contributed by atoms with Gasteiger partial charge in [0.15, 0.2) is 0 Å². The van der Waals surface area contributed by atoms with E-state index in [0.29, 0.717) is 11.6 Å². The van der Waals surface area contributed by atoms with Crippen molar-refractivity contribution in [2.45, 2.75) is 38.8 Å². The van der Waals surface area contributed by atoms with Crippen molar-refractivity contribution < 1.29 is 4.74 Å². The van der Waals surface area contributed by atoms with Crippen LogP contribution in [0.2, 0.25) is 0 Å². The van der Waals surface area contributed by atoms with E-state index in [2.05, 4.69) is 25.7 Å². The first-order valence-corrected chi connectivity index (χ1v) is 4.92. The molecule has 2 fully saturated rings. The first-order valence-electron chi connectivity index (χ1n) is 4.92. The highest BCUT2D eigenvalue weighted by Gasteiger charge is 2.37. The summed E-state index contributed by atoms with van der Waals surface area (Å²) in [6, 6.07) is 0. The largest absolute Gasteiger partial charge is 0.377 e. The van der Waals surface area contributed by atoms with Crippen LogP contribution >= 0.6 is 0 Å². The van der Waals surface area contributed by atoms with Crippen LogP contribution in [0.5, 0.6) is 0 Å². The second-order valence-corrected chi connectivity index (χ2v) is 5.13. The third-order valence-corrected chi connectivity index (χ3v) is 3.02. The van der Waals surface area contributed by atoms with Gasteiger partial charge in [0.05, 0.1) is 12.7 Å². The monoisotopic (exact) mass is 169 g/mol. The van der Waals surface area contributed by atoms with Gasteiger partial charge >= 0.3 is 0 Å². The van der Waals surface area contributed by atoms with Crippen LogP contribution in [-0.2, 0) is 4.74 Å². The fourth-order valence-electron chi connectivity index (χ4n) is 2.21. The molecule has 0 radical (unpaired) electrons. The Bertz CT molecular complexity index is 161. The molecule has 2 atom stereocenters. The highest BCUT2D eigenvalue weighted by atomic mass is 16.5. The maximum atomic E-state index is 5.66. The van der Waals surface area contributed by atoms with E-state index < -0.39 is 0 Å². The van der Waals surface area contributed by atoms with Crippen molar-refractivity contribution in [2.24, 2.45) is 5.92 Å². The van der Waals surface area contributed by atoms with Gasteiger partial charge in [-0.1, -0.05) is 0 Å². The number of hydrogen-bond donors (Lipinski definition) is 0. The molecule has 2 rings (SSSR count). The molecule has 2 saturated heterocycles. The first-order chi connectivity index (χ1) is 5.55. The summed E-state index contributed by atoms with van der Waals surface area (Å²) in [4.78, 5) is 2.55. The highest BCUT2D eigenvalue weighted by molar-refractivity contribution is 4.89. The predicted octanol–water partition coefficient (Wildman–Crippen LogP) is 1.51. The van der Waals surface area contributed by atoms with Crippen LogP contribution < -0.4 is 0 Å². The summed E-state index contributed by atoms with van der Waals surface area (Å²) in [5.41, 5.74) is 0.324. The Hall–Kier alpha value is -0.0800. The number of ether oxygens (including phenoxy) is 1. The molecule has 2 heterocycles. The molecule has 0 aromatic rings. The summed E-state index contributed by atoms with van der Waals surface area (Å²) in [5, 5.41) is 0. The zero-order valence-corrected chi connectivity index (χ0v) is 8.34. The molecule has 0 saturated carbocycles. The van der Waals surface area contributed by atoms with E-state index >= 15 is 0 Å². The Kier molecular flexibility index (Phi) is 1.92. The van der Waals surface area contributed by atoms with Crippen molar-refractivity contribution in [1.29, 1.82) is 0 Å². The van der Waals surface area contributed by atoms with Gasteiger partial charge in [-0.25, -0.2) is 0 Å². The van der Waals surface area contributed by atoms with E-state index in [-0.39, 0.29) is 0 Å². The lowest BCUT2D eigenvalue weighted by molar-refractivity contribution is 0.0433. The number of nitrogens with zero attached hydrogens (tertiary/aromatic N) is 1. The Morgan fingerprint density at radius 3 is 2.58 bits per heavy atom. The fraction of sp³-hybridized carbons (Fsp3) is 1.00. The van der Waals surface area contributed by atoms with Crippen molar-refractivity contribution in [3.8, 4) is 0 Å². The van der Waals surface area contributed by atoms with Crippen LogP contribution in [0, 0.1) is 5.92 Å². The molecule has 0 unspecified atom stereocenters. The second-order valence-electron chi connectivity index (χ2n) is 5.13. The minimum Gasteiger partial charge on any atom is -0.377 e. The van der Waals surface area contributed by atoms with Gasteiger partial charge in [0.1, 0.15) is 0 Å². The molecule has 0 N–H and O–H groups in total. The van der Waals surface area contributed by atoms with Crippen LogP contribution in [0.25, 0.3) is 0 Å². The summed E-state index contributed by atoms with van der Waals surface area (Å²) >= 11 is 0. The van der Waals surface area contributed by atoms with Gasteiger partial charge in [0.25, 0.3) is 0 Å². The van der Waals surface area contributed by atoms with Crippen molar-refractivity contribution >= 4 is 0 Å². The molecule has 2 heteroatoms. The molecule has 0 amide bonds. The molecule has 0 spiro atoms. The Morgan fingerprint density at radius 2 is 2.00 bits per heavy atom. The van der Waals surface area contributed by atoms with Crippen LogP contribution in [-0.4, -0.2) is 36.2 Å². The molecule has 0 aromatic carbocycles. The number of likely N-dealkylation sites (tertiary alicyclic amines) is 1. The molecule has 2 bridgehead atoms. The third-order valence-electron chi connectivity index (χ3n) is 3.02. The third kappa shape index (κ3) is 1.50. The molecule has 2 aliphatic rings.